The summed E-state index contributed by atoms with van der Waals surface area (Å²) in [5.74, 6) is -0.294. The highest BCUT2D eigenvalue weighted by Gasteiger charge is 2.39. The van der Waals surface area contributed by atoms with Crippen LogP contribution in [0.2, 0.25) is 0 Å². The topological polar surface area (TPSA) is 52.6 Å². The molecular formula is C21H23F3N2O2. The molecule has 0 radical (unpaired) electrons. The van der Waals surface area contributed by atoms with E-state index in [1.807, 2.05) is 12.1 Å². The summed E-state index contributed by atoms with van der Waals surface area (Å²) < 4.78 is 41.0. The number of aliphatic hydroxyl groups is 1. The van der Waals surface area contributed by atoms with Gasteiger partial charge in [0.15, 0.2) is 0 Å². The molecule has 4 nitrogen and oxygen atoms in total. The van der Waals surface area contributed by atoms with Crippen molar-refractivity contribution in [2.24, 2.45) is 0 Å². The van der Waals surface area contributed by atoms with Gasteiger partial charge in [-0.3, -0.25) is 4.79 Å². The lowest BCUT2D eigenvalue weighted by atomic mass is 9.86. The summed E-state index contributed by atoms with van der Waals surface area (Å²) in [5, 5.41) is 12.2. The third-order valence-electron chi connectivity index (χ3n) is 4.88. The fraction of sp³-hybridized carbons (Fsp3) is 0.381. The highest BCUT2D eigenvalue weighted by molar-refractivity contribution is 5.80. The van der Waals surface area contributed by atoms with E-state index in [9.17, 15) is 23.1 Å². The van der Waals surface area contributed by atoms with Crippen LogP contribution in [0.15, 0.2) is 48.5 Å². The van der Waals surface area contributed by atoms with E-state index in [2.05, 4.69) is 5.32 Å². The van der Waals surface area contributed by atoms with Crippen LogP contribution < -0.4 is 5.32 Å². The lowest BCUT2D eigenvalue weighted by Gasteiger charge is -2.39. The molecule has 0 saturated carbocycles. The number of benzene rings is 2. The zero-order valence-corrected chi connectivity index (χ0v) is 15.5. The third kappa shape index (κ3) is 4.36. The van der Waals surface area contributed by atoms with Crippen LogP contribution in [0.4, 0.5) is 13.2 Å². The zero-order chi connectivity index (χ0) is 20.3. The Morgan fingerprint density at radius 2 is 1.82 bits per heavy atom. The van der Waals surface area contributed by atoms with E-state index in [1.165, 1.54) is 17.0 Å². The molecule has 3 rings (SSSR count). The minimum Gasteiger partial charge on any atom is -0.392 e. The van der Waals surface area contributed by atoms with Crippen LogP contribution in [0.3, 0.4) is 0 Å². The molecule has 0 bridgehead atoms. The molecule has 2 atom stereocenters. The largest absolute Gasteiger partial charge is 0.416 e. The monoisotopic (exact) mass is 392 g/mol. The van der Waals surface area contributed by atoms with Gasteiger partial charge in [0.25, 0.3) is 0 Å². The van der Waals surface area contributed by atoms with Crippen molar-refractivity contribution in [1.82, 2.24) is 10.2 Å². The van der Waals surface area contributed by atoms with E-state index < -0.39 is 23.9 Å². The SMILES string of the molecule is CC(O)CNCC(=O)N1CCc2ccccc2C1c1ccccc1C(F)(F)F. The number of aliphatic hydroxyl groups excluding tert-OH is 1. The van der Waals surface area contributed by atoms with Crippen LogP contribution in [-0.4, -0.2) is 41.7 Å². The summed E-state index contributed by atoms with van der Waals surface area (Å²) in [6, 6.07) is 11.9. The summed E-state index contributed by atoms with van der Waals surface area (Å²) in [7, 11) is 0. The predicted molar refractivity (Wildman–Crippen MR) is 99.7 cm³/mol. The number of hydrogen-bond donors (Lipinski definition) is 2. The maximum atomic E-state index is 13.7. The molecule has 1 amide bonds. The average Bonchev–Trinajstić information content (AvgIpc) is 2.66. The van der Waals surface area contributed by atoms with E-state index in [0.717, 1.165) is 11.6 Å². The van der Waals surface area contributed by atoms with Crippen LogP contribution >= 0.6 is 0 Å². The molecule has 0 saturated heterocycles. The Bertz CT molecular complexity index is 836. The Kier molecular flexibility index (Phi) is 6.05. The van der Waals surface area contributed by atoms with Gasteiger partial charge in [-0.15, -0.1) is 0 Å². The lowest BCUT2D eigenvalue weighted by Crippen LogP contribution is -2.45. The van der Waals surface area contributed by atoms with Gasteiger partial charge in [-0.05, 0) is 36.1 Å². The molecule has 0 aromatic heterocycles. The van der Waals surface area contributed by atoms with Crippen LogP contribution in [0.1, 0.15) is 35.2 Å². The second kappa shape index (κ2) is 8.32. The number of amides is 1. The highest BCUT2D eigenvalue weighted by Crippen LogP contribution is 2.41. The van der Waals surface area contributed by atoms with Gasteiger partial charge in [0.1, 0.15) is 0 Å². The molecular weight excluding hydrogens is 369 g/mol. The number of rotatable bonds is 5. The number of hydrogen-bond acceptors (Lipinski definition) is 3. The first-order valence-corrected chi connectivity index (χ1v) is 9.21. The minimum absolute atomic E-state index is 0.0439. The predicted octanol–water partition coefficient (Wildman–Crippen LogP) is 3.15. The second-order valence-electron chi connectivity index (χ2n) is 7.00. The summed E-state index contributed by atoms with van der Waals surface area (Å²) in [6.45, 7) is 2.12. The number of carbonyl (C=O) groups excluding carboxylic acids is 1. The van der Waals surface area contributed by atoms with Crippen molar-refractivity contribution in [2.75, 3.05) is 19.6 Å². The number of carbonyl (C=O) groups is 1. The fourth-order valence-corrected chi connectivity index (χ4v) is 3.65. The van der Waals surface area contributed by atoms with E-state index >= 15 is 0 Å². The maximum Gasteiger partial charge on any atom is 0.416 e. The first-order chi connectivity index (χ1) is 13.3. The van der Waals surface area contributed by atoms with Crippen molar-refractivity contribution >= 4 is 5.91 Å². The first kappa shape index (κ1) is 20.4. The molecule has 2 unspecified atom stereocenters. The van der Waals surface area contributed by atoms with Gasteiger partial charge in [0.05, 0.1) is 24.3 Å². The van der Waals surface area contributed by atoms with E-state index in [0.29, 0.717) is 18.5 Å². The minimum atomic E-state index is -4.51. The van der Waals surface area contributed by atoms with Crippen LogP contribution in [-0.2, 0) is 17.4 Å². The molecule has 28 heavy (non-hydrogen) atoms. The summed E-state index contributed by atoms with van der Waals surface area (Å²) in [4.78, 5) is 14.3. The molecule has 1 aliphatic heterocycles. The van der Waals surface area contributed by atoms with Crippen LogP contribution in [0.5, 0.6) is 0 Å². The van der Waals surface area contributed by atoms with Gasteiger partial charge < -0.3 is 15.3 Å². The Labute approximate surface area is 162 Å². The van der Waals surface area contributed by atoms with Gasteiger partial charge >= 0.3 is 6.18 Å². The van der Waals surface area contributed by atoms with E-state index in [1.54, 1.807) is 25.1 Å². The Balaban J connectivity index is 2.02. The fourth-order valence-electron chi connectivity index (χ4n) is 3.65. The van der Waals surface area contributed by atoms with Crippen molar-refractivity contribution in [2.45, 2.75) is 31.7 Å². The molecule has 7 heteroatoms. The number of fused-ring (bicyclic) bond motifs is 1. The molecule has 150 valence electrons. The van der Waals surface area contributed by atoms with E-state index in [4.69, 9.17) is 0 Å². The molecule has 2 aromatic carbocycles. The first-order valence-electron chi connectivity index (χ1n) is 9.21. The number of nitrogens with one attached hydrogen (secondary N) is 1. The van der Waals surface area contributed by atoms with Crippen molar-refractivity contribution in [3.05, 3.63) is 70.8 Å². The van der Waals surface area contributed by atoms with Gasteiger partial charge in [-0.25, -0.2) is 0 Å². The average molecular weight is 392 g/mol. The molecule has 1 aliphatic rings. The second-order valence-corrected chi connectivity index (χ2v) is 7.00. The molecule has 0 spiro atoms. The molecule has 0 aliphatic carbocycles. The maximum absolute atomic E-state index is 13.7. The Hall–Kier alpha value is -2.38. The highest BCUT2D eigenvalue weighted by atomic mass is 19.4. The van der Waals surface area contributed by atoms with Gasteiger partial charge in [0, 0.05) is 13.1 Å². The molecule has 1 heterocycles. The Morgan fingerprint density at radius 3 is 2.50 bits per heavy atom. The quantitative estimate of drug-likeness (QED) is 0.822. The molecule has 2 N–H and O–H groups in total. The van der Waals surface area contributed by atoms with Crippen molar-refractivity contribution in [3.8, 4) is 0 Å². The zero-order valence-electron chi connectivity index (χ0n) is 15.5. The van der Waals surface area contributed by atoms with Gasteiger partial charge in [0.2, 0.25) is 5.91 Å². The number of alkyl halides is 3. The van der Waals surface area contributed by atoms with Gasteiger partial charge in [-0.2, -0.15) is 13.2 Å². The summed E-state index contributed by atoms with van der Waals surface area (Å²) >= 11 is 0. The lowest BCUT2D eigenvalue weighted by molar-refractivity contribution is -0.140. The smallest absolute Gasteiger partial charge is 0.392 e. The summed E-state index contributed by atoms with van der Waals surface area (Å²) in [6.07, 6.45) is -4.54. The normalized spacial score (nSPS) is 17.9. The van der Waals surface area contributed by atoms with Crippen molar-refractivity contribution in [1.29, 1.82) is 0 Å². The summed E-state index contributed by atoms with van der Waals surface area (Å²) in [5.41, 5.74) is 1.01. The Morgan fingerprint density at radius 1 is 1.18 bits per heavy atom. The van der Waals surface area contributed by atoms with Crippen molar-refractivity contribution < 1.29 is 23.1 Å². The van der Waals surface area contributed by atoms with Crippen LogP contribution in [0, 0.1) is 0 Å². The molecule has 0 fully saturated rings. The van der Waals surface area contributed by atoms with Gasteiger partial charge in [-0.1, -0.05) is 42.5 Å². The van der Waals surface area contributed by atoms with Crippen LogP contribution in [0.25, 0.3) is 0 Å². The third-order valence-corrected chi connectivity index (χ3v) is 4.88. The number of halogens is 3. The molecule has 2 aromatic rings. The standard InChI is InChI=1S/C21H23F3N2O2/c1-14(27)12-25-13-19(28)26-11-10-15-6-2-3-7-16(15)20(26)17-8-4-5-9-18(17)21(22,23)24/h2-9,14,20,25,27H,10-13H2,1H3. The number of nitrogens with zero attached hydrogens (tertiary/aromatic N) is 1. The van der Waals surface area contributed by atoms with E-state index in [-0.39, 0.29) is 24.6 Å². The van der Waals surface area contributed by atoms with Crippen molar-refractivity contribution in [3.63, 3.8) is 0 Å².